The van der Waals surface area contributed by atoms with Crippen molar-refractivity contribution in [1.82, 2.24) is 4.90 Å². The molecule has 0 bridgehead atoms. The van der Waals surface area contributed by atoms with Crippen LogP contribution < -0.4 is 5.73 Å². The standard InChI is InChI=1S/C15H21N3O2/c1-18(15(19)14(17)4-3-9-20-2)11-13-7-5-12(10-16)6-8-13/h5-8,14H,3-4,9,11,17H2,1-2H3. The Hall–Kier alpha value is -1.90. The first kappa shape index (κ1) is 16.2. The van der Waals surface area contributed by atoms with Gasteiger partial charge in [0.1, 0.15) is 0 Å². The van der Waals surface area contributed by atoms with Crippen LogP contribution in [0.15, 0.2) is 24.3 Å². The molecule has 1 unspecified atom stereocenters. The van der Waals surface area contributed by atoms with Crippen LogP contribution in [-0.4, -0.2) is 37.6 Å². The minimum absolute atomic E-state index is 0.0783. The second-order valence-electron chi connectivity index (χ2n) is 4.74. The van der Waals surface area contributed by atoms with Gasteiger partial charge in [-0.2, -0.15) is 5.26 Å². The molecular formula is C15H21N3O2. The first-order valence-electron chi connectivity index (χ1n) is 6.57. The third kappa shape index (κ3) is 5.00. The maximum absolute atomic E-state index is 12.1. The molecule has 1 rings (SSSR count). The minimum atomic E-state index is -0.492. The number of rotatable bonds is 7. The zero-order valence-electron chi connectivity index (χ0n) is 12.0. The van der Waals surface area contributed by atoms with Gasteiger partial charge in [-0.25, -0.2) is 0 Å². The number of nitrogens with zero attached hydrogens (tertiary/aromatic N) is 2. The highest BCUT2D eigenvalue weighted by atomic mass is 16.5. The molecule has 5 heteroatoms. The number of nitrogens with two attached hydrogens (primary N) is 1. The third-order valence-electron chi connectivity index (χ3n) is 3.06. The van der Waals surface area contributed by atoms with Crippen molar-refractivity contribution in [2.45, 2.75) is 25.4 Å². The molecule has 0 aromatic heterocycles. The second kappa shape index (κ2) is 8.31. The summed E-state index contributed by atoms with van der Waals surface area (Å²) >= 11 is 0. The molecule has 1 aromatic carbocycles. The fourth-order valence-corrected chi connectivity index (χ4v) is 1.89. The number of methoxy groups -OCH3 is 1. The summed E-state index contributed by atoms with van der Waals surface area (Å²) in [5, 5.41) is 8.73. The predicted molar refractivity (Wildman–Crippen MR) is 76.7 cm³/mol. The molecule has 5 nitrogen and oxygen atoms in total. The highest BCUT2D eigenvalue weighted by Crippen LogP contribution is 2.08. The fourth-order valence-electron chi connectivity index (χ4n) is 1.89. The first-order valence-corrected chi connectivity index (χ1v) is 6.57. The molecule has 0 heterocycles. The van der Waals surface area contributed by atoms with Crippen LogP contribution in [0.5, 0.6) is 0 Å². The summed E-state index contributed by atoms with van der Waals surface area (Å²) in [6.45, 7) is 1.10. The largest absolute Gasteiger partial charge is 0.385 e. The van der Waals surface area contributed by atoms with Gasteiger partial charge in [0.2, 0.25) is 5.91 Å². The molecule has 0 spiro atoms. The monoisotopic (exact) mass is 275 g/mol. The average Bonchev–Trinajstić information content (AvgIpc) is 2.47. The van der Waals surface area contributed by atoms with Crippen LogP contribution in [0.4, 0.5) is 0 Å². The Labute approximate surface area is 119 Å². The zero-order valence-corrected chi connectivity index (χ0v) is 12.0. The Morgan fingerprint density at radius 3 is 2.65 bits per heavy atom. The Morgan fingerprint density at radius 1 is 1.45 bits per heavy atom. The van der Waals surface area contributed by atoms with E-state index in [2.05, 4.69) is 6.07 Å². The van der Waals surface area contributed by atoms with Crippen molar-refractivity contribution in [3.8, 4) is 6.07 Å². The lowest BCUT2D eigenvalue weighted by atomic mass is 10.1. The zero-order chi connectivity index (χ0) is 15.0. The van der Waals surface area contributed by atoms with Gasteiger partial charge in [0, 0.05) is 27.3 Å². The number of amides is 1. The van der Waals surface area contributed by atoms with Gasteiger partial charge < -0.3 is 15.4 Å². The molecule has 108 valence electrons. The van der Waals surface area contributed by atoms with Gasteiger partial charge >= 0.3 is 0 Å². The molecule has 0 aliphatic rings. The van der Waals surface area contributed by atoms with Gasteiger partial charge in [0.05, 0.1) is 17.7 Å². The van der Waals surface area contributed by atoms with E-state index in [9.17, 15) is 4.79 Å². The van der Waals surface area contributed by atoms with Crippen molar-refractivity contribution in [2.24, 2.45) is 5.73 Å². The summed E-state index contributed by atoms with van der Waals surface area (Å²) in [6, 6.07) is 8.75. The van der Waals surface area contributed by atoms with Crippen molar-refractivity contribution in [3.05, 3.63) is 35.4 Å². The fraction of sp³-hybridized carbons (Fsp3) is 0.467. The number of likely N-dealkylation sites (N-methyl/N-ethyl adjacent to an activating group) is 1. The van der Waals surface area contributed by atoms with Crippen LogP contribution >= 0.6 is 0 Å². The molecule has 0 radical (unpaired) electrons. The Bertz CT molecular complexity index is 465. The highest BCUT2D eigenvalue weighted by Gasteiger charge is 2.17. The average molecular weight is 275 g/mol. The van der Waals surface area contributed by atoms with E-state index >= 15 is 0 Å². The maximum atomic E-state index is 12.1. The first-order chi connectivity index (χ1) is 9.58. The van der Waals surface area contributed by atoms with Crippen molar-refractivity contribution in [2.75, 3.05) is 20.8 Å². The lowest BCUT2D eigenvalue weighted by Gasteiger charge is -2.21. The third-order valence-corrected chi connectivity index (χ3v) is 3.06. The van der Waals surface area contributed by atoms with Crippen molar-refractivity contribution >= 4 is 5.91 Å². The molecular weight excluding hydrogens is 254 g/mol. The van der Waals surface area contributed by atoms with Crippen molar-refractivity contribution in [1.29, 1.82) is 5.26 Å². The molecule has 1 amide bonds. The van der Waals surface area contributed by atoms with E-state index in [0.29, 0.717) is 25.1 Å². The van der Waals surface area contributed by atoms with Crippen LogP contribution in [-0.2, 0) is 16.1 Å². The summed E-state index contributed by atoms with van der Waals surface area (Å²) in [5.41, 5.74) is 7.45. The molecule has 2 N–H and O–H groups in total. The highest BCUT2D eigenvalue weighted by molar-refractivity contribution is 5.81. The van der Waals surface area contributed by atoms with Crippen molar-refractivity contribution < 1.29 is 9.53 Å². The number of benzene rings is 1. The summed E-state index contributed by atoms with van der Waals surface area (Å²) < 4.78 is 4.94. The summed E-state index contributed by atoms with van der Waals surface area (Å²) in [4.78, 5) is 13.7. The molecule has 0 aliphatic heterocycles. The second-order valence-corrected chi connectivity index (χ2v) is 4.74. The van der Waals surface area contributed by atoms with Crippen LogP contribution in [0.3, 0.4) is 0 Å². The maximum Gasteiger partial charge on any atom is 0.239 e. The van der Waals surface area contributed by atoms with E-state index in [1.165, 1.54) is 0 Å². The van der Waals surface area contributed by atoms with Crippen LogP contribution in [0.2, 0.25) is 0 Å². The summed E-state index contributed by atoms with van der Waals surface area (Å²) in [5.74, 6) is -0.0783. The molecule has 1 atom stereocenters. The van der Waals surface area contributed by atoms with Crippen LogP contribution in [0.25, 0.3) is 0 Å². The minimum Gasteiger partial charge on any atom is -0.385 e. The smallest absolute Gasteiger partial charge is 0.239 e. The Kier molecular flexibility index (Phi) is 6.71. The lowest BCUT2D eigenvalue weighted by Crippen LogP contribution is -2.41. The van der Waals surface area contributed by atoms with E-state index in [-0.39, 0.29) is 5.91 Å². The van der Waals surface area contributed by atoms with E-state index < -0.39 is 6.04 Å². The Balaban J connectivity index is 2.49. The molecule has 0 aliphatic carbocycles. The van der Waals surface area contributed by atoms with Gasteiger partial charge in [-0.15, -0.1) is 0 Å². The molecule has 1 aromatic rings. The number of ether oxygens (including phenoxy) is 1. The number of carbonyl (C=O) groups excluding carboxylic acids is 1. The summed E-state index contributed by atoms with van der Waals surface area (Å²) in [6.07, 6.45) is 1.39. The molecule has 20 heavy (non-hydrogen) atoms. The van der Waals surface area contributed by atoms with E-state index in [1.807, 2.05) is 12.1 Å². The van der Waals surface area contributed by atoms with Crippen LogP contribution in [0.1, 0.15) is 24.0 Å². The normalized spacial score (nSPS) is 11.7. The van der Waals surface area contributed by atoms with Crippen LogP contribution in [0, 0.1) is 11.3 Å². The van der Waals surface area contributed by atoms with Gasteiger partial charge in [0.25, 0.3) is 0 Å². The lowest BCUT2D eigenvalue weighted by molar-refractivity contribution is -0.132. The van der Waals surface area contributed by atoms with Crippen molar-refractivity contribution in [3.63, 3.8) is 0 Å². The number of carbonyl (C=O) groups is 1. The molecule has 0 saturated heterocycles. The van der Waals surface area contributed by atoms with E-state index in [4.69, 9.17) is 15.7 Å². The molecule has 0 saturated carbocycles. The van der Waals surface area contributed by atoms with Gasteiger partial charge in [-0.05, 0) is 30.5 Å². The van der Waals surface area contributed by atoms with E-state index in [0.717, 1.165) is 12.0 Å². The van der Waals surface area contributed by atoms with Gasteiger partial charge in [0.15, 0.2) is 0 Å². The number of hydrogen-bond donors (Lipinski definition) is 1. The number of hydrogen-bond acceptors (Lipinski definition) is 4. The predicted octanol–water partition coefficient (Wildman–Crippen LogP) is 1.27. The SMILES string of the molecule is COCCCC(N)C(=O)N(C)Cc1ccc(C#N)cc1. The Morgan fingerprint density at radius 2 is 2.10 bits per heavy atom. The van der Waals surface area contributed by atoms with Gasteiger partial charge in [-0.3, -0.25) is 4.79 Å². The quantitative estimate of drug-likeness (QED) is 0.760. The van der Waals surface area contributed by atoms with Gasteiger partial charge in [-0.1, -0.05) is 12.1 Å². The number of nitriles is 1. The van der Waals surface area contributed by atoms with E-state index in [1.54, 1.807) is 31.2 Å². The molecule has 0 fully saturated rings. The summed E-state index contributed by atoms with van der Waals surface area (Å²) in [7, 11) is 3.36. The topological polar surface area (TPSA) is 79.3 Å².